The lowest BCUT2D eigenvalue weighted by atomic mass is 10.3. The van der Waals surface area contributed by atoms with Crippen LogP contribution in [0.5, 0.6) is 0 Å². The average Bonchev–Trinajstić information content (AvgIpc) is 2.36. The van der Waals surface area contributed by atoms with Crippen molar-refractivity contribution in [1.82, 2.24) is 15.0 Å². The van der Waals surface area contributed by atoms with E-state index in [-0.39, 0.29) is 0 Å². The van der Waals surface area contributed by atoms with E-state index in [1.165, 1.54) is 0 Å². The van der Waals surface area contributed by atoms with E-state index < -0.39 is 0 Å². The largest absolute Gasteiger partial charge is 0.351 e. The van der Waals surface area contributed by atoms with E-state index in [9.17, 15) is 0 Å². The first-order valence-corrected chi connectivity index (χ1v) is 6.23. The molecule has 2 aromatic heterocycles. The van der Waals surface area contributed by atoms with Crippen molar-refractivity contribution in [1.29, 1.82) is 0 Å². The molecule has 0 saturated heterocycles. The van der Waals surface area contributed by atoms with Gasteiger partial charge < -0.3 is 4.90 Å². The molecule has 2 rings (SSSR count). The zero-order chi connectivity index (χ0) is 13.0. The number of rotatable bonds is 4. The van der Waals surface area contributed by atoms with Crippen molar-refractivity contribution in [2.24, 2.45) is 0 Å². The Labute approximate surface area is 112 Å². The number of nitrogens with zero attached hydrogens (tertiary/aromatic N) is 4. The molecule has 0 unspecified atom stereocenters. The third kappa shape index (κ3) is 3.17. The van der Waals surface area contributed by atoms with Gasteiger partial charge in [-0.15, -0.1) is 0 Å². The minimum absolute atomic E-state index is 0.469. The molecule has 0 radical (unpaired) electrons. The molecule has 5 heteroatoms. The molecule has 0 amide bonds. The van der Waals surface area contributed by atoms with Crippen LogP contribution in [0.25, 0.3) is 0 Å². The van der Waals surface area contributed by atoms with Gasteiger partial charge >= 0.3 is 0 Å². The number of hydrogen-bond acceptors (Lipinski definition) is 4. The number of pyridine rings is 1. The SMILES string of the molecule is CCN(Cc1ccccn1)c1cc(Cl)nc(C)n1. The summed E-state index contributed by atoms with van der Waals surface area (Å²) in [6.07, 6.45) is 1.79. The summed E-state index contributed by atoms with van der Waals surface area (Å²) >= 11 is 5.96. The quantitative estimate of drug-likeness (QED) is 0.795. The van der Waals surface area contributed by atoms with Crippen LogP contribution >= 0.6 is 11.6 Å². The van der Waals surface area contributed by atoms with Crippen LogP contribution in [0.4, 0.5) is 5.82 Å². The Balaban J connectivity index is 2.23. The summed E-state index contributed by atoms with van der Waals surface area (Å²) in [4.78, 5) is 14.9. The minimum Gasteiger partial charge on any atom is -0.351 e. The summed E-state index contributed by atoms with van der Waals surface area (Å²) < 4.78 is 0. The van der Waals surface area contributed by atoms with Gasteiger partial charge in [-0.3, -0.25) is 4.98 Å². The number of halogens is 1. The van der Waals surface area contributed by atoms with E-state index in [0.29, 0.717) is 17.5 Å². The molecule has 0 atom stereocenters. The number of hydrogen-bond donors (Lipinski definition) is 0. The highest BCUT2D eigenvalue weighted by Gasteiger charge is 2.09. The molecule has 4 nitrogen and oxygen atoms in total. The summed E-state index contributed by atoms with van der Waals surface area (Å²) in [6, 6.07) is 7.67. The predicted octanol–water partition coefficient (Wildman–Crippen LogP) is 2.86. The molecule has 94 valence electrons. The Morgan fingerprint density at radius 3 is 2.72 bits per heavy atom. The molecule has 18 heavy (non-hydrogen) atoms. The summed E-state index contributed by atoms with van der Waals surface area (Å²) in [5.41, 5.74) is 1.01. The van der Waals surface area contributed by atoms with Gasteiger partial charge in [0, 0.05) is 18.8 Å². The van der Waals surface area contributed by atoms with Gasteiger partial charge in [0.05, 0.1) is 12.2 Å². The van der Waals surface area contributed by atoms with E-state index in [1.54, 1.807) is 12.3 Å². The third-order valence-corrected chi connectivity index (χ3v) is 2.77. The van der Waals surface area contributed by atoms with Gasteiger partial charge in [-0.25, -0.2) is 9.97 Å². The van der Waals surface area contributed by atoms with Crippen molar-refractivity contribution in [3.05, 3.63) is 47.1 Å². The highest BCUT2D eigenvalue weighted by atomic mass is 35.5. The number of aromatic nitrogens is 3. The van der Waals surface area contributed by atoms with Crippen molar-refractivity contribution in [2.45, 2.75) is 20.4 Å². The molecule has 0 aliphatic carbocycles. The Bertz CT molecular complexity index is 495. The second kappa shape index (κ2) is 5.78. The molecular formula is C13H15ClN4. The van der Waals surface area contributed by atoms with Gasteiger partial charge in [0.15, 0.2) is 0 Å². The van der Waals surface area contributed by atoms with Crippen LogP contribution in [-0.2, 0) is 6.54 Å². The van der Waals surface area contributed by atoms with Gasteiger partial charge in [-0.05, 0) is 26.0 Å². The highest BCUT2D eigenvalue weighted by Crippen LogP contribution is 2.17. The smallest absolute Gasteiger partial charge is 0.134 e. The molecule has 0 saturated carbocycles. The molecule has 2 aromatic rings. The highest BCUT2D eigenvalue weighted by molar-refractivity contribution is 6.29. The van der Waals surface area contributed by atoms with Gasteiger partial charge in [0.25, 0.3) is 0 Å². The molecule has 0 N–H and O–H groups in total. The topological polar surface area (TPSA) is 41.9 Å². The van der Waals surface area contributed by atoms with Crippen molar-refractivity contribution < 1.29 is 0 Å². The molecule has 0 spiro atoms. The second-order valence-corrected chi connectivity index (χ2v) is 4.32. The predicted molar refractivity (Wildman–Crippen MR) is 72.7 cm³/mol. The molecule has 2 heterocycles. The van der Waals surface area contributed by atoms with Crippen LogP contribution in [0.3, 0.4) is 0 Å². The first-order chi connectivity index (χ1) is 8.69. The van der Waals surface area contributed by atoms with E-state index in [4.69, 9.17) is 11.6 Å². The maximum atomic E-state index is 5.96. The monoisotopic (exact) mass is 262 g/mol. The van der Waals surface area contributed by atoms with Crippen LogP contribution in [0.2, 0.25) is 5.15 Å². The van der Waals surface area contributed by atoms with Crippen LogP contribution in [-0.4, -0.2) is 21.5 Å². The number of anilines is 1. The maximum Gasteiger partial charge on any atom is 0.134 e. The van der Waals surface area contributed by atoms with E-state index in [0.717, 1.165) is 18.1 Å². The Morgan fingerprint density at radius 1 is 1.28 bits per heavy atom. The summed E-state index contributed by atoms with van der Waals surface area (Å²) in [5.74, 6) is 1.51. The normalized spacial score (nSPS) is 10.4. The zero-order valence-electron chi connectivity index (χ0n) is 10.5. The van der Waals surface area contributed by atoms with E-state index in [1.807, 2.05) is 25.1 Å². The molecule has 0 aliphatic heterocycles. The lowest BCUT2D eigenvalue weighted by Crippen LogP contribution is -2.24. The summed E-state index contributed by atoms with van der Waals surface area (Å²) in [6.45, 7) is 5.46. The zero-order valence-corrected chi connectivity index (χ0v) is 11.2. The lowest BCUT2D eigenvalue weighted by molar-refractivity contribution is 0.786. The Morgan fingerprint density at radius 2 is 2.11 bits per heavy atom. The van der Waals surface area contributed by atoms with Crippen molar-refractivity contribution >= 4 is 17.4 Å². The molecule has 0 bridgehead atoms. The molecular weight excluding hydrogens is 248 g/mol. The molecule has 0 aliphatic rings. The van der Waals surface area contributed by atoms with Crippen molar-refractivity contribution in [3.8, 4) is 0 Å². The van der Waals surface area contributed by atoms with Crippen molar-refractivity contribution in [2.75, 3.05) is 11.4 Å². The Kier molecular flexibility index (Phi) is 4.10. The fourth-order valence-electron chi connectivity index (χ4n) is 1.72. The molecule has 0 fully saturated rings. The first kappa shape index (κ1) is 12.8. The van der Waals surface area contributed by atoms with E-state index >= 15 is 0 Å². The van der Waals surface area contributed by atoms with Crippen LogP contribution in [0, 0.1) is 6.92 Å². The summed E-state index contributed by atoms with van der Waals surface area (Å²) in [7, 11) is 0. The lowest BCUT2D eigenvalue weighted by Gasteiger charge is -2.21. The van der Waals surface area contributed by atoms with Crippen LogP contribution in [0.1, 0.15) is 18.4 Å². The third-order valence-electron chi connectivity index (χ3n) is 2.58. The summed E-state index contributed by atoms with van der Waals surface area (Å²) in [5, 5.41) is 0.469. The van der Waals surface area contributed by atoms with Crippen molar-refractivity contribution in [3.63, 3.8) is 0 Å². The fourth-order valence-corrected chi connectivity index (χ4v) is 1.94. The first-order valence-electron chi connectivity index (χ1n) is 5.85. The molecule has 0 aromatic carbocycles. The minimum atomic E-state index is 0.469. The standard InChI is InChI=1S/C13H15ClN4/c1-3-18(9-11-6-4-5-7-15-11)13-8-12(14)16-10(2)17-13/h4-8H,3,9H2,1-2H3. The second-order valence-electron chi connectivity index (χ2n) is 3.93. The van der Waals surface area contributed by atoms with Gasteiger partial charge in [0.2, 0.25) is 0 Å². The van der Waals surface area contributed by atoms with Crippen LogP contribution in [0.15, 0.2) is 30.5 Å². The van der Waals surface area contributed by atoms with Gasteiger partial charge in [0.1, 0.15) is 16.8 Å². The van der Waals surface area contributed by atoms with Gasteiger partial charge in [-0.1, -0.05) is 17.7 Å². The van der Waals surface area contributed by atoms with Gasteiger partial charge in [-0.2, -0.15) is 0 Å². The van der Waals surface area contributed by atoms with E-state index in [2.05, 4.69) is 26.8 Å². The average molecular weight is 263 g/mol. The maximum absolute atomic E-state index is 5.96. The Hall–Kier alpha value is -1.68. The number of aryl methyl sites for hydroxylation is 1. The van der Waals surface area contributed by atoms with Crippen LogP contribution < -0.4 is 4.90 Å². The fraction of sp³-hybridized carbons (Fsp3) is 0.308.